The van der Waals surface area contributed by atoms with E-state index in [1.165, 1.54) is 0 Å². The molecule has 2 saturated carbocycles. The minimum Gasteiger partial charge on any atom is -0.381 e. The molecule has 4 rings (SSSR count). The van der Waals surface area contributed by atoms with E-state index in [4.69, 9.17) is 0 Å². The molecule has 0 heterocycles. The summed E-state index contributed by atoms with van der Waals surface area (Å²) in [6, 6.07) is 15.1. The zero-order chi connectivity index (χ0) is 21.5. The number of rotatable bonds is 4. The quantitative estimate of drug-likeness (QED) is 0.697. The van der Waals surface area contributed by atoms with Gasteiger partial charge in [0.05, 0.1) is 5.92 Å². The second-order valence-corrected chi connectivity index (χ2v) is 9.36. The van der Waals surface area contributed by atoms with Gasteiger partial charge in [-0.1, -0.05) is 91.1 Å². The maximum Gasteiger partial charge on any atom is 0.146 e. The summed E-state index contributed by atoms with van der Waals surface area (Å²) in [6.07, 6.45) is 5.13. The monoisotopic (exact) mass is 404 g/mol. The average molecular weight is 405 g/mol. The van der Waals surface area contributed by atoms with E-state index >= 15 is 0 Å². The predicted octanol–water partition coefficient (Wildman–Crippen LogP) is 5.10. The molecular formula is C27H32O3. The van der Waals surface area contributed by atoms with E-state index in [2.05, 4.69) is 6.58 Å². The van der Waals surface area contributed by atoms with Crippen LogP contribution in [0.1, 0.15) is 60.8 Å². The van der Waals surface area contributed by atoms with Crippen LogP contribution in [0.25, 0.3) is 0 Å². The number of hydrogen-bond acceptors (Lipinski definition) is 3. The van der Waals surface area contributed by atoms with E-state index in [9.17, 15) is 15.0 Å². The van der Waals surface area contributed by atoms with Gasteiger partial charge in [0.1, 0.15) is 17.0 Å². The fraction of sp³-hybridized carbons (Fsp3) is 0.444. The molecule has 1 unspecified atom stereocenters. The van der Waals surface area contributed by atoms with Gasteiger partial charge in [-0.3, -0.25) is 4.79 Å². The van der Waals surface area contributed by atoms with Gasteiger partial charge in [-0.2, -0.15) is 0 Å². The highest BCUT2D eigenvalue weighted by Gasteiger charge is 2.64. The molecule has 0 radical (unpaired) electrons. The molecule has 2 aromatic carbocycles. The van der Waals surface area contributed by atoms with Gasteiger partial charge in [0.25, 0.3) is 0 Å². The van der Waals surface area contributed by atoms with Crippen molar-refractivity contribution in [2.45, 2.75) is 63.6 Å². The largest absolute Gasteiger partial charge is 0.381 e. The lowest BCUT2D eigenvalue weighted by molar-refractivity contribution is -0.172. The van der Waals surface area contributed by atoms with Crippen molar-refractivity contribution in [1.29, 1.82) is 0 Å². The lowest BCUT2D eigenvalue weighted by atomic mass is 9.68. The zero-order valence-corrected chi connectivity index (χ0v) is 18.0. The summed E-state index contributed by atoms with van der Waals surface area (Å²) in [6.45, 7) is 8.16. The number of carbonyl (C=O) groups is 1. The molecule has 30 heavy (non-hydrogen) atoms. The summed E-state index contributed by atoms with van der Waals surface area (Å²) >= 11 is 0. The van der Waals surface area contributed by atoms with Crippen molar-refractivity contribution >= 4 is 5.78 Å². The van der Waals surface area contributed by atoms with Crippen LogP contribution in [0, 0.1) is 25.7 Å². The van der Waals surface area contributed by atoms with Crippen molar-refractivity contribution in [3.8, 4) is 0 Å². The van der Waals surface area contributed by atoms with Crippen LogP contribution in [0.4, 0.5) is 0 Å². The number of Topliss-reactive ketones (excluding diaryl/α,β-unsaturated/α-hetero) is 1. The summed E-state index contributed by atoms with van der Waals surface area (Å²) < 4.78 is 0. The molecule has 0 amide bonds. The van der Waals surface area contributed by atoms with Crippen molar-refractivity contribution in [3.63, 3.8) is 0 Å². The van der Waals surface area contributed by atoms with Crippen LogP contribution in [-0.4, -0.2) is 16.0 Å². The van der Waals surface area contributed by atoms with E-state index in [0.717, 1.165) is 43.2 Å². The number of aryl methyl sites for hydroxylation is 2. The van der Waals surface area contributed by atoms with E-state index in [1.807, 2.05) is 62.4 Å². The summed E-state index contributed by atoms with van der Waals surface area (Å²) in [7, 11) is 0. The van der Waals surface area contributed by atoms with Gasteiger partial charge in [-0.25, -0.2) is 0 Å². The van der Waals surface area contributed by atoms with Crippen molar-refractivity contribution in [1.82, 2.24) is 0 Å². The molecule has 0 aliphatic heterocycles. The lowest BCUT2D eigenvalue weighted by Gasteiger charge is -2.42. The van der Waals surface area contributed by atoms with Crippen molar-refractivity contribution in [2.24, 2.45) is 11.8 Å². The standard InChI is InChI=1S/C27H32O3/c1-18-9-13-22(14-10-18)26(29)17-20(3)24(25(28)21-7-5-4-6-8-21)27(26,30)23-15-11-19(2)12-16-23/h9-16,21,24,29-30H,3-8,17H2,1-2H3/t24?,26-,27-/m0/s1. The number of benzene rings is 2. The zero-order valence-electron chi connectivity index (χ0n) is 18.0. The molecule has 3 nitrogen and oxygen atoms in total. The van der Waals surface area contributed by atoms with Crippen LogP contribution in [0.3, 0.4) is 0 Å². The Morgan fingerprint density at radius 2 is 1.37 bits per heavy atom. The van der Waals surface area contributed by atoms with E-state index in [1.54, 1.807) is 0 Å². The smallest absolute Gasteiger partial charge is 0.146 e. The normalized spacial score (nSPS) is 29.9. The van der Waals surface area contributed by atoms with Gasteiger partial charge >= 0.3 is 0 Å². The van der Waals surface area contributed by atoms with Crippen LogP contribution in [0.5, 0.6) is 0 Å². The maximum atomic E-state index is 13.7. The van der Waals surface area contributed by atoms with Gasteiger partial charge in [0, 0.05) is 12.3 Å². The Kier molecular flexibility index (Phi) is 5.46. The van der Waals surface area contributed by atoms with Gasteiger partial charge in [0.15, 0.2) is 0 Å². The molecule has 0 bridgehead atoms. The Morgan fingerprint density at radius 1 is 0.867 bits per heavy atom. The lowest BCUT2D eigenvalue weighted by Crippen LogP contribution is -2.51. The first-order chi connectivity index (χ1) is 14.3. The van der Waals surface area contributed by atoms with Crippen LogP contribution in [-0.2, 0) is 16.0 Å². The third-order valence-electron chi connectivity index (χ3n) is 7.25. The maximum absolute atomic E-state index is 13.7. The fourth-order valence-corrected chi connectivity index (χ4v) is 5.49. The van der Waals surface area contributed by atoms with Crippen molar-refractivity contribution in [3.05, 3.63) is 82.9 Å². The first kappa shape index (κ1) is 21.0. The van der Waals surface area contributed by atoms with Crippen molar-refractivity contribution in [2.75, 3.05) is 0 Å². The summed E-state index contributed by atoms with van der Waals surface area (Å²) in [5, 5.41) is 24.3. The molecule has 0 saturated heterocycles. The highest BCUT2D eigenvalue weighted by Crippen LogP contribution is 2.58. The minimum atomic E-state index is -1.75. The molecule has 2 fully saturated rings. The second-order valence-electron chi connectivity index (χ2n) is 9.36. The predicted molar refractivity (Wildman–Crippen MR) is 119 cm³/mol. The molecule has 2 aliphatic carbocycles. The molecular weight excluding hydrogens is 372 g/mol. The van der Waals surface area contributed by atoms with E-state index in [-0.39, 0.29) is 18.1 Å². The van der Waals surface area contributed by atoms with Crippen molar-refractivity contribution < 1.29 is 15.0 Å². The van der Waals surface area contributed by atoms with E-state index in [0.29, 0.717) is 16.7 Å². The summed E-state index contributed by atoms with van der Waals surface area (Å²) in [4.78, 5) is 13.7. The molecule has 3 heteroatoms. The minimum absolute atomic E-state index is 0.0332. The van der Waals surface area contributed by atoms with Crippen LogP contribution in [0.2, 0.25) is 0 Å². The molecule has 2 aliphatic rings. The number of carbonyl (C=O) groups excluding carboxylic acids is 1. The van der Waals surface area contributed by atoms with Gasteiger partial charge in [-0.15, -0.1) is 0 Å². The summed E-state index contributed by atoms with van der Waals surface area (Å²) in [5.74, 6) is -0.849. The second kappa shape index (κ2) is 7.79. The molecule has 158 valence electrons. The van der Waals surface area contributed by atoms with Gasteiger partial charge < -0.3 is 10.2 Å². The van der Waals surface area contributed by atoms with Crippen LogP contribution >= 0.6 is 0 Å². The number of aliphatic hydroxyl groups is 2. The fourth-order valence-electron chi connectivity index (χ4n) is 5.49. The third-order valence-corrected chi connectivity index (χ3v) is 7.25. The molecule has 2 N–H and O–H groups in total. The summed E-state index contributed by atoms with van der Waals surface area (Å²) in [5.41, 5.74) is 0.599. The molecule has 0 aromatic heterocycles. The first-order valence-electron chi connectivity index (χ1n) is 11.1. The van der Waals surface area contributed by atoms with Gasteiger partial charge in [0.2, 0.25) is 0 Å². The number of hydrogen-bond donors (Lipinski definition) is 2. The number of ketones is 1. The topological polar surface area (TPSA) is 57.5 Å². The highest BCUT2D eigenvalue weighted by molar-refractivity contribution is 5.88. The Morgan fingerprint density at radius 3 is 1.90 bits per heavy atom. The first-order valence-corrected chi connectivity index (χ1v) is 11.1. The Hall–Kier alpha value is -2.23. The average Bonchev–Trinajstić information content (AvgIpc) is 2.95. The molecule has 3 atom stereocenters. The molecule has 2 aromatic rings. The highest BCUT2D eigenvalue weighted by atomic mass is 16.4. The Labute approximate surface area is 179 Å². The SMILES string of the molecule is C=C1C[C@](O)(c2ccc(C)cc2)[C@](O)(c2ccc(C)cc2)C1C(=O)C1CCCCC1. The van der Waals surface area contributed by atoms with Crippen LogP contribution < -0.4 is 0 Å². The Balaban J connectivity index is 1.86. The van der Waals surface area contributed by atoms with Gasteiger partial charge in [-0.05, 0) is 37.8 Å². The van der Waals surface area contributed by atoms with E-state index < -0.39 is 17.1 Å². The molecule has 0 spiro atoms. The third kappa shape index (κ3) is 3.25. The Bertz CT molecular complexity index is 937. The van der Waals surface area contributed by atoms with Crippen LogP contribution in [0.15, 0.2) is 60.7 Å².